The standard InChI is InChI=1S/C31H31NO10/c1-20(32(18-27(33)34)29(37)31(30(38)39)40-19-26(42-31)28(35)36)25(17-12-21-8-4-2-5-9-21)22-13-15-24(16-14-22)41-23-10-6-3-7-11-23/h2-11,13-16,20,25-26H,12,17-19H2,1H3,(H,33,34)(H,35,36)(H,38,39)/t20-,25+,26+,31-/m1/s1. The van der Waals surface area contributed by atoms with Crippen molar-refractivity contribution in [3.63, 3.8) is 0 Å². The lowest BCUT2D eigenvalue weighted by Crippen LogP contribution is -2.59. The van der Waals surface area contributed by atoms with Gasteiger partial charge in [0.05, 0.1) is 6.61 Å². The van der Waals surface area contributed by atoms with Crippen LogP contribution in [0.3, 0.4) is 0 Å². The van der Waals surface area contributed by atoms with Crippen LogP contribution in [0.4, 0.5) is 0 Å². The summed E-state index contributed by atoms with van der Waals surface area (Å²) < 4.78 is 16.1. The maximum absolute atomic E-state index is 13.7. The van der Waals surface area contributed by atoms with Crippen molar-refractivity contribution in [2.24, 2.45) is 0 Å². The van der Waals surface area contributed by atoms with E-state index in [9.17, 15) is 34.5 Å². The number of hydrogen-bond acceptors (Lipinski definition) is 7. The molecule has 3 N–H and O–H groups in total. The molecule has 42 heavy (non-hydrogen) atoms. The number of para-hydroxylation sites is 1. The second-order valence-electron chi connectivity index (χ2n) is 9.86. The lowest BCUT2D eigenvalue weighted by Gasteiger charge is -2.37. The molecule has 11 nitrogen and oxygen atoms in total. The van der Waals surface area contributed by atoms with Gasteiger partial charge in [0.2, 0.25) is 0 Å². The third-order valence-electron chi connectivity index (χ3n) is 7.10. The molecular formula is C31H31NO10. The molecular weight excluding hydrogens is 546 g/mol. The van der Waals surface area contributed by atoms with Crippen LogP contribution in [0.1, 0.15) is 30.4 Å². The van der Waals surface area contributed by atoms with Gasteiger partial charge >= 0.3 is 23.7 Å². The van der Waals surface area contributed by atoms with Crippen molar-refractivity contribution in [1.29, 1.82) is 0 Å². The van der Waals surface area contributed by atoms with Gasteiger partial charge in [-0.15, -0.1) is 0 Å². The molecule has 0 unspecified atom stereocenters. The molecule has 1 amide bonds. The maximum atomic E-state index is 13.7. The second kappa shape index (κ2) is 13.3. The number of carbonyl (C=O) groups excluding carboxylic acids is 1. The number of aliphatic carboxylic acids is 3. The van der Waals surface area contributed by atoms with Gasteiger partial charge in [0, 0.05) is 12.0 Å². The highest BCUT2D eigenvalue weighted by Crippen LogP contribution is 2.34. The zero-order valence-corrected chi connectivity index (χ0v) is 22.8. The highest BCUT2D eigenvalue weighted by molar-refractivity contribution is 6.05. The first-order chi connectivity index (χ1) is 20.1. The molecule has 11 heteroatoms. The van der Waals surface area contributed by atoms with Crippen LogP contribution < -0.4 is 4.74 Å². The Bertz CT molecular complexity index is 1400. The van der Waals surface area contributed by atoms with E-state index in [0.717, 1.165) is 16.0 Å². The van der Waals surface area contributed by atoms with Gasteiger partial charge in [-0.1, -0.05) is 60.7 Å². The number of carbonyl (C=O) groups is 4. The number of hydrogen-bond donors (Lipinski definition) is 3. The predicted molar refractivity (Wildman–Crippen MR) is 148 cm³/mol. The molecule has 4 rings (SSSR count). The Morgan fingerprint density at radius 2 is 1.50 bits per heavy atom. The average molecular weight is 578 g/mol. The van der Waals surface area contributed by atoms with Crippen LogP contribution in [0.25, 0.3) is 0 Å². The van der Waals surface area contributed by atoms with Gasteiger partial charge in [0.1, 0.15) is 18.0 Å². The molecule has 0 saturated carbocycles. The van der Waals surface area contributed by atoms with Crippen LogP contribution in [-0.2, 0) is 35.1 Å². The number of ether oxygens (including phenoxy) is 3. The number of carboxylic acids is 3. The molecule has 1 aliphatic heterocycles. The van der Waals surface area contributed by atoms with Gasteiger partial charge in [0.15, 0.2) is 6.10 Å². The summed E-state index contributed by atoms with van der Waals surface area (Å²) >= 11 is 0. The normalized spacial score (nSPS) is 19.4. The van der Waals surface area contributed by atoms with Crippen molar-refractivity contribution in [3.05, 3.63) is 96.1 Å². The fourth-order valence-corrected chi connectivity index (χ4v) is 4.91. The molecule has 3 aromatic rings. The van der Waals surface area contributed by atoms with E-state index in [-0.39, 0.29) is 0 Å². The van der Waals surface area contributed by atoms with E-state index in [2.05, 4.69) is 0 Å². The van der Waals surface area contributed by atoms with E-state index < -0.39 is 60.8 Å². The smallest absolute Gasteiger partial charge is 0.375 e. The molecule has 0 aromatic heterocycles. The summed E-state index contributed by atoms with van der Waals surface area (Å²) in [7, 11) is 0. The van der Waals surface area contributed by atoms with Crippen molar-refractivity contribution < 1.29 is 48.7 Å². The summed E-state index contributed by atoms with van der Waals surface area (Å²) in [5.41, 5.74) is 1.77. The fourth-order valence-electron chi connectivity index (χ4n) is 4.91. The van der Waals surface area contributed by atoms with E-state index in [1.54, 1.807) is 19.1 Å². The molecule has 0 spiro atoms. The number of carboxylic acid groups (broad SMARTS) is 3. The first-order valence-corrected chi connectivity index (χ1v) is 13.3. The Labute approximate surface area is 241 Å². The number of rotatable bonds is 13. The van der Waals surface area contributed by atoms with Crippen LogP contribution in [0, 0.1) is 0 Å². The average Bonchev–Trinajstić information content (AvgIpc) is 3.45. The molecule has 1 saturated heterocycles. The number of nitrogens with zero attached hydrogens (tertiary/aromatic N) is 1. The minimum atomic E-state index is -3.00. The van der Waals surface area contributed by atoms with Gasteiger partial charge < -0.3 is 34.4 Å². The van der Waals surface area contributed by atoms with Crippen molar-refractivity contribution in [3.8, 4) is 11.5 Å². The zero-order chi connectivity index (χ0) is 30.3. The van der Waals surface area contributed by atoms with Crippen molar-refractivity contribution in [1.82, 2.24) is 4.90 Å². The summed E-state index contributed by atoms with van der Waals surface area (Å²) in [6, 6.07) is 25.0. The molecule has 220 valence electrons. The van der Waals surface area contributed by atoms with E-state index in [4.69, 9.17) is 14.2 Å². The first-order valence-electron chi connectivity index (χ1n) is 13.3. The van der Waals surface area contributed by atoms with E-state index >= 15 is 0 Å². The summed E-state index contributed by atoms with van der Waals surface area (Å²) in [6.07, 6.45) is -0.670. The van der Waals surface area contributed by atoms with Crippen molar-refractivity contribution in [2.45, 2.75) is 43.6 Å². The summed E-state index contributed by atoms with van der Waals surface area (Å²) in [4.78, 5) is 50.2. The molecule has 4 atom stereocenters. The van der Waals surface area contributed by atoms with Gasteiger partial charge in [-0.05, 0) is 55.2 Å². The lowest BCUT2D eigenvalue weighted by atomic mass is 9.85. The van der Waals surface area contributed by atoms with E-state index in [1.165, 1.54) is 0 Å². The maximum Gasteiger partial charge on any atom is 0.375 e. The topological polar surface area (TPSA) is 160 Å². The third kappa shape index (κ3) is 6.93. The van der Waals surface area contributed by atoms with E-state index in [1.807, 2.05) is 72.8 Å². The monoisotopic (exact) mass is 577 g/mol. The Hall–Kier alpha value is -4.74. The molecule has 0 bridgehead atoms. The van der Waals surface area contributed by atoms with Gasteiger partial charge in [-0.2, -0.15) is 0 Å². The van der Waals surface area contributed by atoms with Gasteiger partial charge in [-0.3, -0.25) is 9.59 Å². The number of aryl methyl sites for hydroxylation is 1. The summed E-state index contributed by atoms with van der Waals surface area (Å²) in [6.45, 7) is 0.0591. The minimum Gasteiger partial charge on any atom is -0.480 e. The van der Waals surface area contributed by atoms with Crippen LogP contribution in [0.15, 0.2) is 84.9 Å². The zero-order valence-electron chi connectivity index (χ0n) is 22.8. The fraction of sp³-hybridized carbons (Fsp3) is 0.290. The Morgan fingerprint density at radius 3 is 2.05 bits per heavy atom. The van der Waals surface area contributed by atoms with Gasteiger partial charge in [-0.25, -0.2) is 9.59 Å². The number of amides is 1. The molecule has 1 fully saturated rings. The third-order valence-corrected chi connectivity index (χ3v) is 7.10. The van der Waals surface area contributed by atoms with Crippen LogP contribution in [0.5, 0.6) is 11.5 Å². The quantitative estimate of drug-likeness (QED) is 0.255. The van der Waals surface area contributed by atoms with Crippen molar-refractivity contribution in [2.75, 3.05) is 13.2 Å². The second-order valence-corrected chi connectivity index (χ2v) is 9.86. The minimum absolute atomic E-state index is 0.465. The lowest BCUT2D eigenvalue weighted by molar-refractivity contribution is -0.216. The largest absolute Gasteiger partial charge is 0.480 e. The van der Waals surface area contributed by atoms with Gasteiger partial charge in [0.25, 0.3) is 5.91 Å². The Kier molecular flexibility index (Phi) is 9.56. The van der Waals surface area contributed by atoms with E-state index in [0.29, 0.717) is 24.3 Å². The summed E-state index contributed by atoms with van der Waals surface area (Å²) in [5, 5.41) is 28.9. The molecule has 1 aliphatic rings. The molecule has 1 heterocycles. The van der Waals surface area contributed by atoms with Crippen LogP contribution in [0.2, 0.25) is 0 Å². The van der Waals surface area contributed by atoms with Crippen molar-refractivity contribution >= 4 is 23.8 Å². The molecule has 0 radical (unpaired) electrons. The molecule has 0 aliphatic carbocycles. The Morgan fingerprint density at radius 1 is 0.905 bits per heavy atom. The molecule has 3 aromatic carbocycles. The first kappa shape index (κ1) is 30.2. The number of benzene rings is 3. The SMILES string of the molecule is C[C@H]([C@H](CCc1ccccc1)c1ccc(Oc2ccccc2)cc1)N(CC(=O)O)C(=O)[C@@]1(C(=O)O)OC[C@@H](C(=O)O)O1. The Balaban J connectivity index is 1.67. The summed E-state index contributed by atoms with van der Waals surface area (Å²) in [5.74, 6) is -8.34. The highest BCUT2D eigenvalue weighted by Gasteiger charge is 2.59. The highest BCUT2D eigenvalue weighted by atomic mass is 16.8. The van der Waals surface area contributed by atoms with Crippen LogP contribution in [-0.4, -0.2) is 75.1 Å². The van der Waals surface area contributed by atoms with Crippen LogP contribution >= 0.6 is 0 Å². The predicted octanol–water partition coefficient (Wildman–Crippen LogP) is 3.78.